The first-order valence-corrected chi connectivity index (χ1v) is 13.7. The van der Waals surface area contributed by atoms with E-state index < -0.39 is 8.15 Å². The van der Waals surface area contributed by atoms with Crippen LogP contribution in [0.3, 0.4) is 0 Å². The van der Waals surface area contributed by atoms with E-state index >= 15 is 0 Å². The van der Waals surface area contributed by atoms with Gasteiger partial charge in [-0.25, -0.2) is 0 Å². The first-order valence-electron chi connectivity index (χ1n) is 10.8. The van der Waals surface area contributed by atoms with Gasteiger partial charge in [0.15, 0.2) is 0 Å². The molecule has 0 saturated carbocycles. The van der Waals surface area contributed by atoms with Crippen LogP contribution in [0, 0.1) is 0 Å². The number of ether oxygens (including phenoxy) is 1. The predicted octanol–water partition coefficient (Wildman–Crippen LogP) is 7.36. The predicted molar refractivity (Wildman–Crippen MR) is 145 cm³/mol. The van der Waals surface area contributed by atoms with Gasteiger partial charge >= 0.3 is 0 Å². The van der Waals surface area contributed by atoms with Crippen LogP contribution >= 0.6 is 35.8 Å². The molecule has 2 nitrogen and oxygen atoms in total. The van der Waals surface area contributed by atoms with Crippen LogP contribution < -0.4 is 10.6 Å². The van der Waals surface area contributed by atoms with Crippen molar-refractivity contribution in [2.24, 2.45) is 0 Å². The summed E-state index contributed by atoms with van der Waals surface area (Å²) >= 11 is 5.36. The van der Waals surface area contributed by atoms with E-state index in [9.17, 15) is 0 Å². The molecule has 168 valence electrons. The fourth-order valence-electron chi connectivity index (χ4n) is 3.53. The average Bonchev–Trinajstić information content (AvgIpc) is 2.88. The Kier molecular flexibility index (Phi) is 9.17. The zero-order chi connectivity index (χ0) is 22.9. The summed E-state index contributed by atoms with van der Waals surface area (Å²) < 4.78 is 13.8. The molecule has 0 aliphatic carbocycles. The van der Waals surface area contributed by atoms with E-state index in [0.717, 1.165) is 4.47 Å². The quantitative estimate of drug-likeness (QED) is 0.156. The minimum atomic E-state index is -1.01. The highest BCUT2D eigenvalue weighted by atomic mass is 79.9. The molecular formula is C28H26BrO2PS. The van der Waals surface area contributed by atoms with Gasteiger partial charge in [0.2, 0.25) is 0 Å². The summed E-state index contributed by atoms with van der Waals surface area (Å²) in [7, 11) is 0.741. The monoisotopic (exact) mass is 536 g/mol. The number of benzene rings is 4. The molecule has 0 fully saturated rings. The lowest BCUT2D eigenvalue weighted by Crippen LogP contribution is -2.28. The molecule has 0 saturated heterocycles. The van der Waals surface area contributed by atoms with Crippen molar-refractivity contribution in [3.63, 3.8) is 0 Å². The van der Waals surface area contributed by atoms with Crippen molar-refractivity contribution in [3.8, 4) is 0 Å². The highest BCUT2D eigenvalue weighted by molar-refractivity contribution is 9.10. The normalized spacial score (nSPS) is 13.1. The second-order valence-corrected chi connectivity index (χ2v) is 11.4. The highest BCUT2D eigenvalue weighted by Gasteiger charge is 2.30. The molecule has 0 spiro atoms. The summed E-state index contributed by atoms with van der Waals surface area (Å²) in [6.45, 7) is 0.502. The Morgan fingerprint density at radius 1 is 0.727 bits per heavy atom. The van der Waals surface area contributed by atoms with Gasteiger partial charge in [0, 0.05) is 27.1 Å². The Bertz CT molecular complexity index is 1060. The van der Waals surface area contributed by atoms with Gasteiger partial charge in [-0.05, 0) is 29.8 Å². The molecule has 4 aromatic rings. The average molecular weight is 537 g/mol. The van der Waals surface area contributed by atoms with Gasteiger partial charge in [-0.2, -0.15) is 0 Å². The summed E-state index contributed by atoms with van der Waals surface area (Å²) in [6, 6.07) is 40.1. The molecule has 0 amide bonds. The van der Waals surface area contributed by atoms with E-state index in [1.807, 2.05) is 23.9 Å². The number of thioether (sulfide) groups is 1. The molecule has 0 radical (unpaired) electrons. The molecular weight excluding hydrogens is 511 g/mol. The lowest BCUT2D eigenvalue weighted by Gasteiger charge is -2.31. The van der Waals surface area contributed by atoms with E-state index in [1.54, 1.807) is 7.11 Å². The Morgan fingerprint density at radius 2 is 1.24 bits per heavy atom. The van der Waals surface area contributed by atoms with E-state index in [0.29, 0.717) is 6.61 Å². The fourth-order valence-corrected chi connectivity index (χ4v) is 6.92. The van der Waals surface area contributed by atoms with Crippen molar-refractivity contribution >= 4 is 46.4 Å². The molecule has 2 atom stereocenters. The van der Waals surface area contributed by atoms with Crippen LogP contribution in [-0.4, -0.2) is 19.8 Å². The molecule has 5 heteroatoms. The fraction of sp³-hybridized carbons (Fsp3) is 0.143. The third kappa shape index (κ3) is 6.79. The standard InChI is InChI=1S/C28H26BrO2PS/c1-30-21-27(31-32(24-13-7-3-8-14-24)25-15-9-4-10-16-25)28(22-11-5-2-6-12-22)33-26-19-17-23(29)18-20-26/h2-20,27-28H,21H2,1H3/t27-,28+/m0/s1. The third-order valence-electron chi connectivity index (χ3n) is 5.10. The molecule has 0 bridgehead atoms. The molecule has 4 rings (SSSR count). The molecule has 0 unspecified atom stereocenters. The lowest BCUT2D eigenvalue weighted by atomic mass is 10.1. The number of rotatable bonds is 10. The minimum absolute atomic E-state index is 0.0738. The molecule has 33 heavy (non-hydrogen) atoms. The summed E-state index contributed by atoms with van der Waals surface area (Å²) in [5.74, 6) is 0. The Hall–Kier alpha value is -1.94. The molecule has 0 aliphatic heterocycles. The van der Waals surface area contributed by atoms with Gasteiger partial charge in [0.05, 0.1) is 20.0 Å². The Morgan fingerprint density at radius 3 is 1.76 bits per heavy atom. The largest absolute Gasteiger partial charge is 0.382 e. The zero-order valence-corrected chi connectivity index (χ0v) is 21.7. The smallest absolute Gasteiger partial charge is 0.102 e. The van der Waals surface area contributed by atoms with Crippen molar-refractivity contribution in [2.45, 2.75) is 16.2 Å². The van der Waals surface area contributed by atoms with Crippen molar-refractivity contribution in [1.82, 2.24) is 0 Å². The van der Waals surface area contributed by atoms with Gasteiger partial charge < -0.3 is 9.26 Å². The van der Waals surface area contributed by atoms with Crippen LogP contribution in [0.5, 0.6) is 0 Å². The van der Waals surface area contributed by atoms with Gasteiger partial charge in [-0.1, -0.05) is 107 Å². The van der Waals surface area contributed by atoms with Crippen LogP contribution in [0.4, 0.5) is 0 Å². The van der Waals surface area contributed by atoms with Crippen molar-refractivity contribution < 1.29 is 9.26 Å². The van der Waals surface area contributed by atoms with E-state index in [1.165, 1.54) is 21.1 Å². The van der Waals surface area contributed by atoms with E-state index in [2.05, 4.69) is 119 Å². The summed E-state index contributed by atoms with van der Waals surface area (Å²) in [6.07, 6.45) is -0.141. The van der Waals surface area contributed by atoms with Crippen LogP contribution in [0.15, 0.2) is 125 Å². The van der Waals surface area contributed by atoms with Gasteiger partial charge in [-0.3, -0.25) is 0 Å². The zero-order valence-electron chi connectivity index (χ0n) is 18.4. The summed E-state index contributed by atoms with van der Waals surface area (Å²) in [4.78, 5) is 1.19. The van der Waals surface area contributed by atoms with Gasteiger partial charge in [0.25, 0.3) is 0 Å². The SMILES string of the molecule is COC[C@H](OP(c1ccccc1)c1ccccc1)[C@H](Sc1ccc(Br)cc1)c1ccccc1. The first kappa shape index (κ1) is 24.2. The number of hydrogen-bond acceptors (Lipinski definition) is 3. The van der Waals surface area contributed by atoms with Crippen LogP contribution in [0.1, 0.15) is 10.8 Å². The van der Waals surface area contributed by atoms with Crippen molar-refractivity contribution in [1.29, 1.82) is 0 Å². The van der Waals surface area contributed by atoms with Crippen LogP contribution in [-0.2, 0) is 9.26 Å². The minimum Gasteiger partial charge on any atom is -0.382 e. The maximum Gasteiger partial charge on any atom is 0.102 e. The number of halogens is 1. The number of methoxy groups -OCH3 is 1. The topological polar surface area (TPSA) is 18.5 Å². The highest BCUT2D eigenvalue weighted by Crippen LogP contribution is 2.45. The van der Waals surface area contributed by atoms with Crippen molar-refractivity contribution in [3.05, 3.63) is 125 Å². The second-order valence-electron chi connectivity index (χ2n) is 7.47. The molecule has 0 aliphatic rings. The molecule has 0 N–H and O–H groups in total. The third-order valence-corrected chi connectivity index (χ3v) is 9.01. The second kappa shape index (κ2) is 12.5. The van der Waals surface area contributed by atoms with Crippen molar-refractivity contribution in [2.75, 3.05) is 13.7 Å². The molecule has 4 aromatic carbocycles. The number of hydrogen-bond donors (Lipinski definition) is 0. The van der Waals surface area contributed by atoms with Gasteiger partial charge in [0.1, 0.15) is 6.10 Å². The van der Waals surface area contributed by atoms with Gasteiger partial charge in [-0.15, -0.1) is 11.8 Å². The summed E-state index contributed by atoms with van der Waals surface area (Å²) in [5, 5.41) is 2.46. The van der Waals surface area contributed by atoms with E-state index in [4.69, 9.17) is 9.26 Å². The molecule has 0 heterocycles. The maximum absolute atomic E-state index is 6.99. The Balaban J connectivity index is 1.70. The first-order chi connectivity index (χ1) is 16.2. The van der Waals surface area contributed by atoms with Crippen LogP contribution in [0.25, 0.3) is 0 Å². The van der Waals surface area contributed by atoms with E-state index in [-0.39, 0.29) is 11.4 Å². The van der Waals surface area contributed by atoms with Crippen LogP contribution in [0.2, 0.25) is 0 Å². The molecule has 0 aromatic heterocycles. The lowest BCUT2D eigenvalue weighted by molar-refractivity contribution is 0.0897. The maximum atomic E-state index is 6.99. The summed E-state index contributed by atoms with van der Waals surface area (Å²) in [5.41, 5.74) is 1.23. The Labute approximate surface area is 210 Å².